The Bertz CT molecular complexity index is 815. The molecule has 28 heavy (non-hydrogen) atoms. The first kappa shape index (κ1) is 21.0. The predicted octanol–water partition coefficient (Wildman–Crippen LogP) is 2.48. The van der Waals surface area contributed by atoms with Crippen molar-refractivity contribution >= 4 is 29.0 Å². The molecule has 0 bridgehead atoms. The van der Waals surface area contributed by atoms with Gasteiger partial charge in [0.1, 0.15) is 5.75 Å². The van der Waals surface area contributed by atoms with Crippen molar-refractivity contribution in [3.8, 4) is 5.75 Å². The Balaban J connectivity index is 1.72. The normalized spacial score (nSPS) is 10.1. The molecular weight excluding hydrogens is 358 g/mol. The summed E-state index contributed by atoms with van der Waals surface area (Å²) in [4.78, 5) is 37.9. The molecule has 7 heteroatoms. The molecule has 0 aliphatic carbocycles. The second-order valence-corrected chi connectivity index (χ2v) is 6.42. The van der Waals surface area contributed by atoms with E-state index in [0.29, 0.717) is 17.0 Å². The molecule has 2 amide bonds. The van der Waals surface area contributed by atoms with Crippen molar-refractivity contribution in [1.82, 2.24) is 5.32 Å². The molecule has 2 aromatic rings. The van der Waals surface area contributed by atoms with Gasteiger partial charge in [-0.1, -0.05) is 0 Å². The summed E-state index contributed by atoms with van der Waals surface area (Å²) in [5.41, 5.74) is 2.19. The Morgan fingerprint density at radius 1 is 0.893 bits per heavy atom. The molecule has 148 valence electrons. The highest BCUT2D eigenvalue weighted by molar-refractivity contribution is 5.99. The summed E-state index contributed by atoms with van der Waals surface area (Å²) >= 11 is 0. The third-order valence-corrected chi connectivity index (χ3v) is 4.10. The van der Waals surface area contributed by atoms with Crippen LogP contribution < -0.4 is 20.3 Å². The highest BCUT2D eigenvalue weighted by Crippen LogP contribution is 2.15. The standard InChI is InChI=1S/C21H25N3O4/c1-24(2)17-8-6-16(7-9-17)23-21(27)14-22-20(26)13-12-19(25)15-4-10-18(28-3)11-5-15/h4-11H,12-14H2,1-3H3,(H,22,26)(H,23,27). The van der Waals surface area contributed by atoms with Crippen LogP contribution in [-0.4, -0.2) is 45.3 Å². The fourth-order valence-corrected chi connectivity index (χ4v) is 2.46. The van der Waals surface area contributed by atoms with E-state index in [9.17, 15) is 14.4 Å². The molecule has 0 spiro atoms. The number of ether oxygens (including phenoxy) is 1. The van der Waals surface area contributed by atoms with Gasteiger partial charge >= 0.3 is 0 Å². The number of nitrogens with zero attached hydrogens (tertiary/aromatic N) is 1. The second kappa shape index (κ2) is 10.1. The van der Waals surface area contributed by atoms with Crippen molar-refractivity contribution in [2.24, 2.45) is 0 Å². The van der Waals surface area contributed by atoms with Crippen molar-refractivity contribution in [2.45, 2.75) is 12.8 Å². The molecule has 0 fully saturated rings. The van der Waals surface area contributed by atoms with E-state index in [1.807, 2.05) is 31.1 Å². The smallest absolute Gasteiger partial charge is 0.243 e. The molecule has 0 aromatic heterocycles. The number of carbonyl (C=O) groups excluding carboxylic acids is 3. The third-order valence-electron chi connectivity index (χ3n) is 4.10. The maximum atomic E-state index is 12.1. The molecule has 0 saturated carbocycles. The molecule has 0 atom stereocenters. The van der Waals surface area contributed by atoms with Gasteiger partial charge in [-0.15, -0.1) is 0 Å². The van der Waals surface area contributed by atoms with Gasteiger partial charge in [-0.3, -0.25) is 14.4 Å². The lowest BCUT2D eigenvalue weighted by Crippen LogP contribution is -2.33. The van der Waals surface area contributed by atoms with Crippen molar-refractivity contribution in [2.75, 3.05) is 38.0 Å². The van der Waals surface area contributed by atoms with Crippen LogP contribution in [0.1, 0.15) is 23.2 Å². The number of rotatable bonds is 9. The van der Waals surface area contributed by atoms with Gasteiger partial charge in [0.15, 0.2) is 5.78 Å². The molecule has 2 rings (SSSR count). The zero-order chi connectivity index (χ0) is 20.5. The molecule has 0 radical (unpaired) electrons. The summed E-state index contributed by atoms with van der Waals surface area (Å²) in [6, 6.07) is 14.1. The third kappa shape index (κ3) is 6.42. The van der Waals surface area contributed by atoms with Crippen LogP contribution in [0.5, 0.6) is 5.75 Å². The Morgan fingerprint density at radius 3 is 2.11 bits per heavy atom. The largest absolute Gasteiger partial charge is 0.497 e. The molecule has 0 saturated heterocycles. The van der Waals surface area contributed by atoms with Crippen LogP contribution in [0.3, 0.4) is 0 Å². The number of hydrogen-bond donors (Lipinski definition) is 2. The quantitative estimate of drug-likeness (QED) is 0.650. The van der Waals surface area contributed by atoms with Crippen LogP contribution in [0.4, 0.5) is 11.4 Å². The van der Waals surface area contributed by atoms with E-state index in [1.165, 1.54) is 0 Å². The van der Waals surface area contributed by atoms with Crippen LogP contribution in [0.15, 0.2) is 48.5 Å². The van der Waals surface area contributed by atoms with Crippen LogP contribution in [0.2, 0.25) is 0 Å². The van der Waals surface area contributed by atoms with Crippen molar-refractivity contribution in [3.05, 3.63) is 54.1 Å². The van der Waals surface area contributed by atoms with Gasteiger partial charge in [-0.2, -0.15) is 0 Å². The maximum absolute atomic E-state index is 12.1. The zero-order valence-electron chi connectivity index (χ0n) is 16.3. The number of anilines is 2. The molecule has 0 unspecified atom stereocenters. The lowest BCUT2D eigenvalue weighted by Gasteiger charge is -2.13. The summed E-state index contributed by atoms with van der Waals surface area (Å²) in [7, 11) is 5.42. The van der Waals surface area contributed by atoms with Gasteiger partial charge in [-0.05, 0) is 48.5 Å². The van der Waals surface area contributed by atoms with E-state index in [1.54, 1.807) is 43.5 Å². The Hall–Kier alpha value is -3.35. The molecule has 2 aromatic carbocycles. The highest BCUT2D eigenvalue weighted by atomic mass is 16.5. The molecule has 7 nitrogen and oxygen atoms in total. The van der Waals surface area contributed by atoms with Gasteiger partial charge < -0.3 is 20.3 Å². The summed E-state index contributed by atoms with van der Waals surface area (Å²) < 4.78 is 5.04. The van der Waals surface area contributed by atoms with Gasteiger partial charge in [-0.25, -0.2) is 0 Å². The first-order chi connectivity index (χ1) is 13.4. The fourth-order valence-electron chi connectivity index (χ4n) is 2.46. The maximum Gasteiger partial charge on any atom is 0.243 e. The number of methoxy groups -OCH3 is 1. The summed E-state index contributed by atoms with van der Waals surface area (Å²) in [6.07, 6.45) is 0.0987. The molecular formula is C21H25N3O4. The van der Waals surface area contributed by atoms with E-state index in [-0.39, 0.29) is 37.0 Å². The topological polar surface area (TPSA) is 87.7 Å². The first-order valence-corrected chi connectivity index (χ1v) is 8.90. The number of hydrogen-bond acceptors (Lipinski definition) is 5. The van der Waals surface area contributed by atoms with E-state index in [0.717, 1.165) is 5.69 Å². The van der Waals surface area contributed by atoms with E-state index < -0.39 is 0 Å². The van der Waals surface area contributed by atoms with E-state index in [2.05, 4.69) is 10.6 Å². The van der Waals surface area contributed by atoms with Gasteiger partial charge in [0.05, 0.1) is 13.7 Å². The van der Waals surface area contributed by atoms with Gasteiger partial charge in [0.25, 0.3) is 0 Å². The zero-order valence-corrected chi connectivity index (χ0v) is 16.3. The minimum atomic E-state index is -0.347. The Labute approximate surface area is 164 Å². The van der Waals surface area contributed by atoms with Gasteiger partial charge in [0.2, 0.25) is 11.8 Å². The fraction of sp³-hybridized carbons (Fsp3) is 0.286. The van der Waals surface area contributed by atoms with E-state index in [4.69, 9.17) is 4.74 Å². The van der Waals surface area contributed by atoms with Gasteiger partial charge in [0, 0.05) is 43.9 Å². The Morgan fingerprint density at radius 2 is 1.54 bits per heavy atom. The minimum Gasteiger partial charge on any atom is -0.497 e. The second-order valence-electron chi connectivity index (χ2n) is 6.42. The van der Waals surface area contributed by atoms with Crippen molar-refractivity contribution in [3.63, 3.8) is 0 Å². The van der Waals surface area contributed by atoms with E-state index >= 15 is 0 Å². The van der Waals surface area contributed by atoms with Crippen LogP contribution in [0.25, 0.3) is 0 Å². The molecule has 0 heterocycles. The minimum absolute atomic E-state index is 0.0235. The first-order valence-electron chi connectivity index (χ1n) is 8.90. The molecule has 2 N–H and O–H groups in total. The monoisotopic (exact) mass is 383 g/mol. The number of amides is 2. The number of ketones is 1. The average molecular weight is 383 g/mol. The van der Waals surface area contributed by atoms with Crippen LogP contribution >= 0.6 is 0 Å². The number of carbonyl (C=O) groups is 3. The summed E-state index contributed by atoms with van der Waals surface area (Å²) in [5.74, 6) is -0.146. The summed E-state index contributed by atoms with van der Waals surface area (Å²) in [5, 5.41) is 5.24. The summed E-state index contributed by atoms with van der Waals surface area (Å²) in [6.45, 7) is -0.148. The number of Topliss-reactive ketones (excluding diaryl/α,β-unsaturated/α-hetero) is 1. The van der Waals surface area contributed by atoms with Crippen molar-refractivity contribution < 1.29 is 19.1 Å². The average Bonchev–Trinajstić information content (AvgIpc) is 2.71. The molecule has 0 aliphatic rings. The Kier molecular flexibility index (Phi) is 7.56. The SMILES string of the molecule is COc1ccc(C(=O)CCC(=O)NCC(=O)Nc2ccc(N(C)C)cc2)cc1. The molecule has 0 aliphatic heterocycles. The van der Waals surface area contributed by atoms with Crippen LogP contribution in [0, 0.1) is 0 Å². The lowest BCUT2D eigenvalue weighted by molar-refractivity contribution is -0.124. The van der Waals surface area contributed by atoms with Crippen LogP contribution in [-0.2, 0) is 9.59 Å². The highest BCUT2D eigenvalue weighted by Gasteiger charge is 2.11. The lowest BCUT2D eigenvalue weighted by atomic mass is 10.1. The van der Waals surface area contributed by atoms with Crippen molar-refractivity contribution in [1.29, 1.82) is 0 Å². The predicted molar refractivity (Wildman–Crippen MR) is 109 cm³/mol. The number of benzene rings is 2. The number of nitrogens with one attached hydrogen (secondary N) is 2.